The fraction of sp³-hybridized carbons (Fsp3) is 0.348. The first kappa shape index (κ1) is 25.6. The van der Waals surface area contributed by atoms with Gasteiger partial charge >= 0.3 is 6.18 Å². The Morgan fingerprint density at radius 1 is 1.09 bits per heavy atom. The first-order chi connectivity index (χ1) is 16.5. The van der Waals surface area contributed by atoms with Gasteiger partial charge in [0.05, 0.1) is 40.6 Å². The number of ether oxygens (including phenoxy) is 2. The largest absolute Gasteiger partial charge is 0.497 e. The van der Waals surface area contributed by atoms with E-state index in [4.69, 9.17) is 26.1 Å². The highest BCUT2D eigenvalue weighted by atomic mass is 35.5. The Hall–Kier alpha value is -2.50. The Morgan fingerprint density at radius 2 is 1.80 bits per heavy atom. The van der Waals surface area contributed by atoms with Crippen molar-refractivity contribution in [1.82, 2.24) is 4.98 Å². The topological polar surface area (TPSA) is 68.7 Å². The van der Waals surface area contributed by atoms with E-state index >= 15 is 0 Å². The van der Waals surface area contributed by atoms with Gasteiger partial charge in [-0.15, -0.1) is 11.3 Å². The predicted molar refractivity (Wildman–Crippen MR) is 130 cm³/mol. The molecule has 6 nitrogen and oxygen atoms in total. The Balaban J connectivity index is 1.51. The molecule has 4 rings (SSSR count). The first-order valence-corrected chi connectivity index (χ1v) is 13.4. The van der Waals surface area contributed by atoms with E-state index in [2.05, 4.69) is 0 Å². The minimum atomic E-state index is -4.66. The average Bonchev–Trinajstić information content (AvgIpc) is 3.33. The highest BCUT2D eigenvalue weighted by Gasteiger charge is 2.37. The molecule has 2 aromatic carbocycles. The highest BCUT2D eigenvalue weighted by molar-refractivity contribution is 7.92. The first-order valence-electron chi connectivity index (χ1n) is 10.6. The maximum atomic E-state index is 13.1. The van der Waals surface area contributed by atoms with Crippen LogP contribution in [0.15, 0.2) is 46.7 Å². The Morgan fingerprint density at radius 3 is 2.43 bits per heavy atom. The summed E-state index contributed by atoms with van der Waals surface area (Å²) >= 11 is 7.42. The number of hydrogen-bond donors (Lipinski definition) is 0. The summed E-state index contributed by atoms with van der Waals surface area (Å²) in [4.78, 5) is 6.19. The minimum Gasteiger partial charge on any atom is -0.497 e. The van der Waals surface area contributed by atoms with Gasteiger partial charge in [0, 0.05) is 24.0 Å². The van der Waals surface area contributed by atoms with Crippen LogP contribution < -0.4 is 14.4 Å². The van der Waals surface area contributed by atoms with Crippen LogP contribution in [0.4, 0.5) is 18.3 Å². The zero-order valence-corrected chi connectivity index (χ0v) is 21.2. The van der Waals surface area contributed by atoms with E-state index in [9.17, 15) is 21.6 Å². The fourth-order valence-electron chi connectivity index (χ4n) is 3.98. The van der Waals surface area contributed by atoms with Gasteiger partial charge in [-0.25, -0.2) is 13.4 Å². The van der Waals surface area contributed by atoms with Crippen LogP contribution in [0.2, 0.25) is 5.02 Å². The van der Waals surface area contributed by atoms with Crippen LogP contribution in [-0.4, -0.2) is 46.0 Å². The summed E-state index contributed by atoms with van der Waals surface area (Å²) in [6, 6.07) is 7.80. The highest BCUT2D eigenvalue weighted by Crippen LogP contribution is 2.38. The van der Waals surface area contributed by atoms with Crippen molar-refractivity contribution in [3.05, 3.63) is 52.4 Å². The van der Waals surface area contributed by atoms with Crippen molar-refractivity contribution < 1.29 is 31.1 Å². The molecule has 12 heteroatoms. The summed E-state index contributed by atoms with van der Waals surface area (Å²) in [5, 5.41) is 1.56. The van der Waals surface area contributed by atoms with Crippen molar-refractivity contribution in [1.29, 1.82) is 0 Å². The van der Waals surface area contributed by atoms with E-state index in [1.807, 2.05) is 16.3 Å². The number of hydrogen-bond acceptors (Lipinski definition) is 7. The third kappa shape index (κ3) is 5.22. The molecule has 0 saturated carbocycles. The molecule has 0 bridgehead atoms. The van der Waals surface area contributed by atoms with E-state index < -0.39 is 31.7 Å². The monoisotopic (exact) mass is 546 g/mol. The van der Waals surface area contributed by atoms with Gasteiger partial charge in [-0.1, -0.05) is 11.6 Å². The van der Waals surface area contributed by atoms with Crippen molar-refractivity contribution in [3.63, 3.8) is 0 Å². The number of halogens is 4. The minimum absolute atomic E-state index is 0.211. The number of nitrogens with zero attached hydrogens (tertiary/aromatic N) is 2. The number of rotatable bonds is 6. The molecule has 0 unspecified atom stereocenters. The third-order valence-electron chi connectivity index (χ3n) is 5.89. The molecule has 0 spiro atoms. The predicted octanol–water partition coefficient (Wildman–Crippen LogP) is 5.94. The van der Waals surface area contributed by atoms with Gasteiger partial charge in [0.25, 0.3) is 0 Å². The van der Waals surface area contributed by atoms with Crippen molar-refractivity contribution in [2.24, 2.45) is 0 Å². The molecule has 0 aliphatic carbocycles. The molecule has 1 aromatic heterocycles. The SMILES string of the molecule is COc1ccc(OC)c(-c2csc(N3CCC(S(=O)(=O)c4cc(C(F)(F)F)ccc4Cl)CC3)n2)c1. The molecule has 0 N–H and O–H groups in total. The van der Waals surface area contributed by atoms with E-state index in [-0.39, 0.29) is 17.9 Å². The number of benzene rings is 2. The summed E-state index contributed by atoms with van der Waals surface area (Å²) < 4.78 is 76.4. The Labute approximate surface area is 210 Å². The van der Waals surface area contributed by atoms with Crippen LogP contribution in [0, 0.1) is 0 Å². The second kappa shape index (κ2) is 9.87. The number of piperidine rings is 1. The van der Waals surface area contributed by atoms with Gasteiger partial charge in [0.1, 0.15) is 11.5 Å². The van der Waals surface area contributed by atoms with Crippen molar-refractivity contribution in [2.75, 3.05) is 32.2 Å². The van der Waals surface area contributed by atoms with E-state index in [1.165, 1.54) is 11.3 Å². The van der Waals surface area contributed by atoms with Crippen LogP contribution in [0.5, 0.6) is 11.5 Å². The van der Waals surface area contributed by atoms with E-state index in [0.717, 1.165) is 22.8 Å². The third-order valence-corrected chi connectivity index (χ3v) is 9.53. The molecule has 2 heterocycles. The van der Waals surface area contributed by atoms with Crippen LogP contribution in [0.1, 0.15) is 18.4 Å². The van der Waals surface area contributed by atoms with Gasteiger partial charge in [-0.2, -0.15) is 13.2 Å². The zero-order valence-electron chi connectivity index (χ0n) is 18.8. The van der Waals surface area contributed by atoms with Gasteiger partial charge < -0.3 is 14.4 Å². The lowest BCUT2D eigenvalue weighted by Gasteiger charge is -2.31. The number of sulfone groups is 1. The molecule has 1 saturated heterocycles. The molecule has 35 heavy (non-hydrogen) atoms. The zero-order chi connectivity index (χ0) is 25.4. The standard InChI is InChI=1S/C23H22ClF3N2O4S2/c1-32-15-4-6-20(33-2)17(12-15)19-13-34-22(28-19)29-9-7-16(8-10-29)35(30,31)21-11-14(23(25,26)27)3-5-18(21)24/h3-6,11-13,16H,7-10H2,1-2H3. The molecule has 188 valence electrons. The van der Waals surface area contributed by atoms with E-state index in [1.54, 1.807) is 26.4 Å². The summed E-state index contributed by atoms with van der Waals surface area (Å²) in [5.74, 6) is 1.31. The summed E-state index contributed by atoms with van der Waals surface area (Å²) in [6.45, 7) is 0.783. The lowest BCUT2D eigenvalue weighted by molar-refractivity contribution is -0.137. The quantitative estimate of drug-likeness (QED) is 0.381. The Bertz CT molecular complexity index is 1320. The molecule has 0 radical (unpaired) electrons. The van der Waals surface area contributed by atoms with Crippen molar-refractivity contribution in [2.45, 2.75) is 29.2 Å². The molecular weight excluding hydrogens is 525 g/mol. The molecule has 1 aliphatic heterocycles. The molecule has 3 aromatic rings. The van der Waals surface area contributed by atoms with Gasteiger partial charge in [0.2, 0.25) is 0 Å². The smallest absolute Gasteiger partial charge is 0.416 e. The van der Waals surface area contributed by atoms with Gasteiger partial charge in [-0.3, -0.25) is 0 Å². The number of aromatic nitrogens is 1. The van der Waals surface area contributed by atoms with Crippen molar-refractivity contribution >= 4 is 37.9 Å². The number of alkyl halides is 3. The summed E-state index contributed by atoms with van der Waals surface area (Å²) in [7, 11) is -0.899. The molecule has 0 atom stereocenters. The average molecular weight is 547 g/mol. The fourth-order valence-corrected chi connectivity index (χ4v) is 7.12. The van der Waals surface area contributed by atoms with Crippen LogP contribution in [-0.2, 0) is 16.0 Å². The maximum Gasteiger partial charge on any atom is 0.416 e. The lowest BCUT2D eigenvalue weighted by atomic mass is 10.1. The van der Waals surface area contributed by atoms with E-state index in [0.29, 0.717) is 36.3 Å². The normalized spacial score (nSPS) is 15.3. The molecular formula is C23H22ClF3N2O4S2. The molecule has 1 fully saturated rings. The Kier molecular flexibility index (Phi) is 7.21. The second-order valence-corrected chi connectivity index (χ2v) is 11.4. The van der Waals surface area contributed by atoms with Crippen LogP contribution in [0.3, 0.4) is 0 Å². The molecule has 1 aliphatic rings. The summed E-state index contributed by atoms with van der Waals surface area (Å²) in [6.07, 6.45) is -4.18. The van der Waals surface area contributed by atoms with Gasteiger partial charge in [-0.05, 0) is 49.2 Å². The maximum absolute atomic E-state index is 13.1. The number of methoxy groups -OCH3 is 2. The number of thiazole rings is 1. The second-order valence-electron chi connectivity index (χ2n) is 7.96. The lowest BCUT2D eigenvalue weighted by Crippen LogP contribution is -2.39. The number of anilines is 1. The van der Waals surface area contributed by atoms with Crippen molar-refractivity contribution in [3.8, 4) is 22.8 Å². The van der Waals surface area contributed by atoms with Gasteiger partial charge in [0.15, 0.2) is 15.0 Å². The molecule has 0 amide bonds. The van der Waals surface area contributed by atoms with Crippen LogP contribution >= 0.6 is 22.9 Å². The van der Waals surface area contributed by atoms with Crippen LogP contribution in [0.25, 0.3) is 11.3 Å². The summed E-state index contributed by atoms with van der Waals surface area (Å²) in [5.41, 5.74) is 0.429.